The number of carboxylic acids is 1. The second kappa shape index (κ2) is 4.48. The second-order valence-electron chi connectivity index (χ2n) is 4.13. The number of Topliss-reactive ketones (excluding diaryl/α,β-unsaturated/α-hetero) is 1. The number of aromatic carboxylic acids is 1. The molecule has 0 aliphatic heterocycles. The molecule has 0 bridgehead atoms. The van der Waals surface area contributed by atoms with Gasteiger partial charge >= 0.3 is 5.97 Å². The average molecular weight is 247 g/mol. The van der Waals surface area contributed by atoms with Crippen LogP contribution in [-0.2, 0) is 13.6 Å². The lowest BCUT2D eigenvalue weighted by Gasteiger charge is -2.03. The standard InChI is InChI=1S/C12H13N3O3/c1-8(16)10-3-11(12(17)18)15(7-10)6-9-4-13-14(2)5-9/h3-5,7H,6H2,1-2H3,(H,17,18). The van der Waals surface area contributed by atoms with Gasteiger partial charge in [-0.1, -0.05) is 0 Å². The van der Waals surface area contributed by atoms with Gasteiger partial charge in [-0.2, -0.15) is 5.10 Å². The lowest BCUT2D eigenvalue weighted by atomic mass is 10.2. The first-order valence-corrected chi connectivity index (χ1v) is 5.39. The van der Waals surface area contributed by atoms with Gasteiger partial charge in [0.05, 0.1) is 12.7 Å². The molecule has 0 amide bonds. The van der Waals surface area contributed by atoms with E-state index in [1.54, 1.807) is 30.3 Å². The maximum Gasteiger partial charge on any atom is 0.352 e. The average Bonchev–Trinajstić information content (AvgIpc) is 2.85. The van der Waals surface area contributed by atoms with Gasteiger partial charge in [0.25, 0.3) is 0 Å². The molecule has 0 saturated carbocycles. The molecule has 6 nitrogen and oxygen atoms in total. The van der Waals surface area contributed by atoms with E-state index in [-0.39, 0.29) is 11.5 Å². The molecule has 2 heterocycles. The summed E-state index contributed by atoms with van der Waals surface area (Å²) in [6.45, 7) is 1.79. The maximum absolute atomic E-state index is 11.3. The van der Waals surface area contributed by atoms with E-state index in [2.05, 4.69) is 5.10 Å². The van der Waals surface area contributed by atoms with E-state index in [9.17, 15) is 9.59 Å². The van der Waals surface area contributed by atoms with Crippen molar-refractivity contribution in [2.45, 2.75) is 13.5 Å². The summed E-state index contributed by atoms with van der Waals surface area (Å²) in [5.74, 6) is -1.20. The summed E-state index contributed by atoms with van der Waals surface area (Å²) in [7, 11) is 1.79. The Labute approximate surface area is 103 Å². The minimum Gasteiger partial charge on any atom is -0.477 e. The van der Waals surface area contributed by atoms with Crippen LogP contribution in [0.5, 0.6) is 0 Å². The molecule has 1 N–H and O–H groups in total. The van der Waals surface area contributed by atoms with Gasteiger partial charge in [0, 0.05) is 30.6 Å². The third kappa shape index (κ3) is 2.32. The van der Waals surface area contributed by atoms with Gasteiger partial charge in [-0.05, 0) is 13.0 Å². The van der Waals surface area contributed by atoms with Crippen LogP contribution in [0.1, 0.15) is 33.3 Å². The van der Waals surface area contributed by atoms with Crippen molar-refractivity contribution in [3.63, 3.8) is 0 Å². The molecule has 2 aromatic heterocycles. The van der Waals surface area contributed by atoms with E-state index < -0.39 is 5.97 Å². The number of rotatable bonds is 4. The molecule has 0 aromatic carbocycles. The Morgan fingerprint density at radius 1 is 1.39 bits per heavy atom. The molecule has 0 aliphatic rings. The van der Waals surface area contributed by atoms with Crippen LogP contribution in [0, 0.1) is 0 Å². The van der Waals surface area contributed by atoms with E-state index in [1.807, 2.05) is 0 Å². The van der Waals surface area contributed by atoms with Crippen LogP contribution in [0.4, 0.5) is 0 Å². The summed E-state index contributed by atoms with van der Waals surface area (Å²) in [4.78, 5) is 22.4. The third-order valence-electron chi connectivity index (χ3n) is 2.63. The van der Waals surface area contributed by atoms with Gasteiger partial charge in [-0.3, -0.25) is 9.48 Å². The van der Waals surface area contributed by atoms with Crippen LogP contribution in [0.2, 0.25) is 0 Å². The fourth-order valence-electron chi connectivity index (χ4n) is 1.76. The first-order chi connectivity index (χ1) is 8.47. The Kier molecular flexibility index (Phi) is 3.01. The highest BCUT2D eigenvalue weighted by Gasteiger charge is 2.15. The van der Waals surface area contributed by atoms with Gasteiger partial charge in [-0.15, -0.1) is 0 Å². The first-order valence-electron chi connectivity index (χ1n) is 5.39. The minimum atomic E-state index is -1.05. The molecule has 0 aliphatic carbocycles. The zero-order chi connectivity index (χ0) is 13.3. The predicted molar refractivity (Wildman–Crippen MR) is 63.7 cm³/mol. The topological polar surface area (TPSA) is 77.1 Å². The largest absolute Gasteiger partial charge is 0.477 e. The number of nitrogens with zero attached hydrogens (tertiary/aromatic N) is 3. The molecule has 0 spiro atoms. The maximum atomic E-state index is 11.3. The Morgan fingerprint density at radius 3 is 2.61 bits per heavy atom. The number of ketones is 1. The highest BCUT2D eigenvalue weighted by Crippen LogP contribution is 2.12. The van der Waals surface area contributed by atoms with E-state index in [0.29, 0.717) is 12.1 Å². The summed E-state index contributed by atoms with van der Waals surface area (Å²) < 4.78 is 3.18. The van der Waals surface area contributed by atoms with Crippen LogP contribution in [0.15, 0.2) is 24.7 Å². The molecule has 2 rings (SSSR count). The van der Waals surface area contributed by atoms with Crippen LogP contribution in [-0.4, -0.2) is 31.2 Å². The zero-order valence-electron chi connectivity index (χ0n) is 10.1. The van der Waals surface area contributed by atoms with E-state index in [0.717, 1.165) is 5.56 Å². The van der Waals surface area contributed by atoms with E-state index in [1.165, 1.54) is 17.6 Å². The summed E-state index contributed by atoms with van der Waals surface area (Å²) in [6, 6.07) is 1.39. The first kappa shape index (κ1) is 12.1. The van der Waals surface area contributed by atoms with Crippen molar-refractivity contribution in [1.29, 1.82) is 0 Å². The highest BCUT2D eigenvalue weighted by atomic mass is 16.4. The van der Waals surface area contributed by atoms with Crippen LogP contribution in [0.25, 0.3) is 0 Å². The van der Waals surface area contributed by atoms with Gasteiger partial charge in [0.15, 0.2) is 5.78 Å². The molecule has 0 saturated heterocycles. The Balaban J connectivity index is 2.36. The van der Waals surface area contributed by atoms with Crippen molar-refractivity contribution < 1.29 is 14.7 Å². The van der Waals surface area contributed by atoms with E-state index >= 15 is 0 Å². The highest BCUT2D eigenvalue weighted by molar-refractivity contribution is 5.97. The summed E-state index contributed by atoms with van der Waals surface area (Å²) in [6.07, 6.45) is 5.02. The fraction of sp³-hybridized carbons (Fsp3) is 0.250. The Morgan fingerprint density at radius 2 is 2.11 bits per heavy atom. The zero-order valence-corrected chi connectivity index (χ0v) is 10.1. The van der Waals surface area contributed by atoms with Crippen molar-refractivity contribution in [2.75, 3.05) is 0 Å². The van der Waals surface area contributed by atoms with Crippen molar-refractivity contribution >= 4 is 11.8 Å². The van der Waals surface area contributed by atoms with Crippen LogP contribution >= 0.6 is 0 Å². The van der Waals surface area contributed by atoms with E-state index in [4.69, 9.17) is 5.11 Å². The minimum absolute atomic E-state index is 0.101. The molecule has 6 heteroatoms. The van der Waals surface area contributed by atoms with Gasteiger partial charge in [0.2, 0.25) is 0 Å². The number of carbonyl (C=O) groups excluding carboxylic acids is 1. The monoisotopic (exact) mass is 247 g/mol. The Hall–Kier alpha value is -2.37. The van der Waals surface area contributed by atoms with Crippen molar-refractivity contribution in [2.24, 2.45) is 7.05 Å². The van der Waals surface area contributed by atoms with Gasteiger partial charge < -0.3 is 9.67 Å². The van der Waals surface area contributed by atoms with Gasteiger partial charge in [-0.25, -0.2) is 4.79 Å². The smallest absolute Gasteiger partial charge is 0.352 e. The van der Waals surface area contributed by atoms with Crippen LogP contribution < -0.4 is 0 Å². The van der Waals surface area contributed by atoms with Crippen molar-refractivity contribution in [3.8, 4) is 0 Å². The lowest BCUT2D eigenvalue weighted by molar-refractivity contribution is 0.0685. The molecular formula is C12H13N3O3. The fourth-order valence-corrected chi connectivity index (χ4v) is 1.76. The lowest BCUT2D eigenvalue weighted by Crippen LogP contribution is -2.08. The number of aromatic nitrogens is 3. The quantitative estimate of drug-likeness (QED) is 0.823. The van der Waals surface area contributed by atoms with Gasteiger partial charge in [0.1, 0.15) is 5.69 Å². The molecule has 18 heavy (non-hydrogen) atoms. The number of hydrogen-bond donors (Lipinski definition) is 1. The Bertz CT molecular complexity index is 610. The molecule has 0 fully saturated rings. The predicted octanol–water partition coefficient (Wildman–Crippen LogP) is 1.17. The molecule has 0 atom stereocenters. The summed E-state index contributed by atoms with van der Waals surface area (Å²) in [5.41, 5.74) is 1.38. The SMILES string of the molecule is CC(=O)c1cc(C(=O)O)n(Cc2cnn(C)c2)c1. The number of carboxylic acid groups (broad SMARTS) is 1. The summed E-state index contributed by atoms with van der Waals surface area (Å²) in [5, 5.41) is 13.1. The molecule has 0 unspecified atom stereocenters. The van der Waals surface area contributed by atoms with Crippen molar-refractivity contribution in [3.05, 3.63) is 41.5 Å². The molecule has 2 aromatic rings. The normalized spacial score (nSPS) is 10.6. The molecule has 0 radical (unpaired) electrons. The second-order valence-corrected chi connectivity index (χ2v) is 4.13. The summed E-state index contributed by atoms with van der Waals surface area (Å²) >= 11 is 0. The number of carbonyl (C=O) groups is 2. The molecular weight excluding hydrogens is 234 g/mol. The number of aryl methyl sites for hydroxylation is 1. The van der Waals surface area contributed by atoms with Crippen molar-refractivity contribution in [1.82, 2.24) is 14.3 Å². The molecule has 94 valence electrons. The number of hydrogen-bond acceptors (Lipinski definition) is 3. The van der Waals surface area contributed by atoms with Crippen LogP contribution in [0.3, 0.4) is 0 Å². The third-order valence-corrected chi connectivity index (χ3v) is 2.63.